The van der Waals surface area contributed by atoms with E-state index in [0.717, 1.165) is 13.1 Å². The van der Waals surface area contributed by atoms with Gasteiger partial charge in [0.25, 0.3) is 0 Å². The van der Waals surface area contributed by atoms with Gasteiger partial charge in [-0.15, -0.1) is 0 Å². The SMILES string of the molecule is CCCn1cc2c3c(cccc31)[C@@H]1C=C(C)CN(C)[C@@H]1C2. The van der Waals surface area contributed by atoms with Crippen LogP contribution in [0.15, 0.2) is 36.0 Å². The summed E-state index contributed by atoms with van der Waals surface area (Å²) in [4.78, 5) is 2.54. The summed E-state index contributed by atoms with van der Waals surface area (Å²) in [6.07, 6.45) is 7.31. The van der Waals surface area contributed by atoms with Crippen LogP contribution in [0.5, 0.6) is 0 Å². The summed E-state index contributed by atoms with van der Waals surface area (Å²) >= 11 is 0. The van der Waals surface area contributed by atoms with E-state index in [1.54, 1.807) is 11.1 Å². The molecule has 110 valence electrons. The van der Waals surface area contributed by atoms with Crippen LogP contribution >= 0.6 is 0 Å². The molecule has 2 heteroatoms. The van der Waals surface area contributed by atoms with Gasteiger partial charge in [0, 0.05) is 42.1 Å². The molecule has 0 bridgehead atoms. The highest BCUT2D eigenvalue weighted by Gasteiger charge is 2.35. The van der Waals surface area contributed by atoms with Crippen molar-refractivity contribution in [2.75, 3.05) is 13.6 Å². The monoisotopic (exact) mass is 280 g/mol. The van der Waals surface area contributed by atoms with Crippen LogP contribution < -0.4 is 0 Å². The van der Waals surface area contributed by atoms with Gasteiger partial charge in [-0.3, -0.25) is 4.90 Å². The number of benzene rings is 1. The van der Waals surface area contributed by atoms with E-state index in [2.05, 4.69) is 60.8 Å². The van der Waals surface area contributed by atoms with E-state index >= 15 is 0 Å². The number of rotatable bonds is 2. The lowest BCUT2D eigenvalue weighted by Crippen LogP contribution is -2.43. The summed E-state index contributed by atoms with van der Waals surface area (Å²) in [5.74, 6) is 0.567. The predicted molar refractivity (Wildman–Crippen MR) is 88.8 cm³/mol. The molecule has 2 aromatic rings. The van der Waals surface area contributed by atoms with Crippen LogP contribution in [0.1, 0.15) is 37.3 Å². The molecular formula is C19H24N2. The second kappa shape index (κ2) is 4.74. The maximum Gasteiger partial charge on any atom is 0.0486 e. The third-order valence-corrected chi connectivity index (χ3v) is 5.21. The van der Waals surface area contributed by atoms with E-state index in [4.69, 9.17) is 0 Å². The minimum atomic E-state index is 0.567. The molecule has 2 heterocycles. The molecule has 2 atom stereocenters. The quantitative estimate of drug-likeness (QED) is 0.756. The van der Waals surface area contributed by atoms with Crippen molar-refractivity contribution in [2.24, 2.45) is 0 Å². The molecule has 4 rings (SSSR count). The third-order valence-electron chi connectivity index (χ3n) is 5.21. The van der Waals surface area contributed by atoms with Crippen LogP contribution in [0, 0.1) is 0 Å². The van der Waals surface area contributed by atoms with Gasteiger partial charge in [-0.05, 0) is 44.0 Å². The van der Waals surface area contributed by atoms with Crippen LogP contribution in [0.4, 0.5) is 0 Å². The first-order valence-corrected chi connectivity index (χ1v) is 8.17. The number of likely N-dealkylation sites (N-methyl/N-ethyl adjacent to an activating group) is 1. The molecule has 0 saturated heterocycles. The van der Waals surface area contributed by atoms with Crippen LogP contribution in [-0.4, -0.2) is 29.1 Å². The molecule has 0 N–H and O–H groups in total. The van der Waals surface area contributed by atoms with Gasteiger partial charge in [0.15, 0.2) is 0 Å². The van der Waals surface area contributed by atoms with E-state index in [1.807, 2.05) is 0 Å². The van der Waals surface area contributed by atoms with Gasteiger partial charge in [-0.25, -0.2) is 0 Å². The van der Waals surface area contributed by atoms with Crippen LogP contribution in [0.25, 0.3) is 10.9 Å². The predicted octanol–water partition coefficient (Wildman–Crippen LogP) is 3.95. The van der Waals surface area contributed by atoms with Crippen molar-refractivity contribution < 1.29 is 0 Å². The molecule has 21 heavy (non-hydrogen) atoms. The molecule has 0 spiro atoms. The molecule has 1 aliphatic carbocycles. The zero-order chi connectivity index (χ0) is 14.6. The van der Waals surface area contributed by atoms with Crippen LogP contribution in [0.2, 0.25) is 0 Å². The molecule has 1 aromatic carbocycles. The largest absolute Gasteiger partial charge is 0.347 e. The molecule has 0 unspecified atom stereocenters. The van der Waals surface area contributed by atoms with Gasteiger partial charge in [0.2, 0.25) is 0 Å². The third kappa shape index (κ3) is 1.89. The summed E-state index contributed by atoms with van der Waals surface area (Å²) in [6, 6.07) is 7.51. The molecule has 2 nitrogen and oxygen atoms in total. The van der Waals surface area contributed by atoms with Gasteiger partial charge >= 0.3 is 0 Å². The number of hydrogen-bond donors (Lipinski definition) is 0. The van der Waals surface area contributed by atoms with Gasteiger partial charge < -0.3 is 4.57 Å². The number of aryl methyl sites for hydroxylation is 1. The molecule has 1 aliphatic heterocycles. The molecule has 2 aliphatic rings. The Morgan fingerprint density at radius 3 is 2.95 bits per heavy atom. The number of fused-ring (bicyclic) bond motifs is 2. The Labute approximate surface area is 127 Å². The second-order valence-electron chi connectivity index (χ2n) is 6.81. The first-order valence-electron chi connectivity index (χ1n) is 8.17. The Kier molecular flexibility index (Phi) is 2.97. The smallest absolute Gasteiger partial charge is 0.0486 e. The zero-order valence-electron chi connectivity index (χ0n) is 13.3. The Bertz CT molecular complexity index is 722. The van der Waals surface area contributed by atoms with Crippen LogP contribution in [-0.2, 0) is 13.0 Å². The average molecular weight is 280 g/mol. The maximum absolute atomic E-state index is 2.54. The van der Waals surface area contributed by atoms with Crippen LogP contribution in [0.3, 0.4) is 0 Å². The fourth-order valence-electron chi connectivity index (χ4n) is 4.39. The van der Waals surface area contributed by atoms with Crippen molar-refractivity contribution in [3.05, 3.63) is 47.2 Å². The summed E-state index contributed by atoms with van der Waals surface area (Å²) in [6.45, 7) is 6.77. The summed E-state index contributed by atoms with van der Waals surface area (Å²) in [5.41, 5.74) is 6.03. The average Bonchev–Trinajstić information content (AvgIpc) is 2.81. The van der Waals surface area contributed by atoms with Crippen molar-refractivity contribution in [2.45, 2.75) is 45.2 Å². The summed E-state index contributed by atoms with van der Waals surface area (Å²) in [7, 11) is 2.28. The zero-order valence-corrected chi connectivity index (χ0v) is 13.3. The first kappa shape index (κ1) is 13.1. The highest BCUT2D eigenvalue weighted by molar-refractivity contribution is 5.89. The molecule has 0 fully saturated rings. The number of hydrogen-bond acceptors (Lipinski definition) is 1. The fraction of sp³-hybridized carbons (Fsp3) is 0.474. The first-order chi connectivity index (χ1) is 10.2. The lowest BCUT2D eigenvalue weighted by Gasteiger charge is -2.40. The molecule has 0 radical (unpaired) electrons. The molecule has 0 saturated carbocycles. The Balaban J connectivity index is 1.94. The van der Waals surface area contributed by atoms with Gasteiger partial charge in [0.05, 0.1) is 0 Å². The molecule has 0 amide bonds. The van der Waals surface area contributed by atoms with E-state index in [9.17, 15) is 0 Å². The normalized spacial score (nSPS) is 25.0. The standard InChI is InChI=1S/C19H24N2/c1-4-8-21-12-14-10-18-16(9-13(2)11-20(18)3)15-6-5-7-17(21)19(14)15/h5-7,9,12,16,18H,4,8,10-11H2,1-3H3/t16-,18+/m0/s1. The summed E-state index contributed by atoms with van der Waals surface area (Å²) < 4.78 is 2.46. The summed E-state index contributed by atoms with van der Waals surface area (Å²) in [5, 5.41) is 1.53. The highest BCUT2D eigenvalue weighted by atomic mass is 15.1. The Morgan fingerprint density at radius 1 is 1.29 bits per heavy atom. The molecule has 1 aromatic heterocycles. The van der Waals surface area contributed by atoms with Crippen molar-refractivity contribution in [1.82, 2.24) is 9.47 Å². The number of nitrogens with zero attached hydrogens (tertiary/aromatic N) is 2. The van der Waals surface area contributed by atoms with Crippen molar-refractivity contribution in [3.63, 3.8) is 0 Å². The minimum Gasteiger partial charge on any atom is -0.347 e. The Hall–Kier alpha value is -1.54. The Morgan fingerprint density at radius 2 is 2.14 bits per heavy atom. The molecular weight excluding hydrogens is 256 g/mol. The minimum absolute atomic E-state index is 0.567. The maximum atomic E-state index is 2.54. The van der Waals surface area contributed by atoms with Crippen molar-refractivity contribution >= 4 is 10.9 Å². The highest BCUT2D eigenvalue weighted by Crippen LogP contribution is 2.42. The number of aromatic nitrogens is 1. The van der Waals surface area contributed by atoms with E-state index < -0.39 is 0 Å². The lowest BCUT2D eigenvalue weighted by molar-refractivity contribution is 0.224. The second-order valence-corrected chi connectivity index (χ2v) is 6.81. The van der Waals surface area contributed by atoms with Gasteiger partial charge in [0.1, 0.15) is 0 Å². The van der Waals surface area contributed by atoms with E-state index in [0.29, 0.717) is 12.0 Å². The van der Waals surface area contributed by atoms with Crippen molar-refractivity contribution in [1.29, 1.82) is 0 Å². The van der Waals surface area contributed by atoms with Crippen molar-refractivity contribution in [3.8, 4) is 0 Å². The van der Waals surface area contributed by atoms with Gasteiger partial charge in [-0.1, -0.05) is 30.7 Å². The topological polar surface area (TPSA) is 8.17 Å². The lowest BCUT2D eigenvalue weighted by atomic mass is 9.77. The van der Waals surface area contributed by atoms with Gasteiger partial charge in [-0.2, -0.15) is 0 Å². The van der Waals surface area contributed by atoms with E-state index in [1.165, 1.54) is 29.3 Å². The van der Waals surface area contributed by atoms with E-state index in [-0.39, 0.29) is 0 Å². The fourth-order valence-corrected chi connectivity index (χ4v) is 4.39.